The van der Waals surface area contributed by atoms with E-state index in [1.807, 2.05) is 0 Å². The molecular weight excluding hydrogens is 304 g/mol. The molecule has 0 aliphatic rings. The Bertz CT molecular complexity index is 576. The van der Waals surface area contributed by atoms with Crippen LogP contribution >= 0.6 is 0 Å². The molecule has 0 fully saturated rings. The van der Waals surface area contributed by atoms with Gasteiger partial charge in [-0.05, 0) is 24.3 Å². The van der Waals surface area contributed by atoms with Gasteiger partial charge in [-0.1, -0.05) is 0 Å². The molecule has 0 spiro atoms. The highest BCUT2D eigenvalue weighted by Gasteiger charge is 2.26. The van der Waals surface area contributed by atoms with Crippen LogP contribution < -0.4 is 11.1 Å². The molecule has 0 aliphatic heterocycles. The van der Waals surface area contributed by atoms with E-state index in [4.69, 9.17) is 5.73 Å². The number of carbonyl (C=O) groups excluding carboxylic acids is 1. The summed E-state index contributed by atoms with van der Waals surface area (Å²) >= 11 is 0. The van der Waals surface area contributed by atoms with Crippen molar-refractivity contribution in [3.05, 3.63) is 24.3 Å². The normalized spacial score (nSPS) is 11.9. The molecule has 0 aromatic heterocycles. The summed E-state index contributed by atoms with van der Waals surface area (Å²) in [6, 6.07) is 5.26. The van der Waals surface area contributed by atoms with Gasteiger partial charge in [-0.3, -0.25) is 4.79 Å². The molecule has 0 aliphatic carbocycles. The summed E-state index contributed by atoms with van der Waals surface area (Å²) in [7, 11) is -4.04. The van der Waals surface area contributed by atoms with Gasteiger partial charge >= 0.3 is 0 Å². The van der Waals surface area contributed by atoms with Gasteiger partial charge in [0, 0.05) is 25.7 Å². The number of nitrogens with two attached hydrogens (primary N) is 1. The third-order valence-electron chi connectivity index (χ3n) is 2.53. The fraction of sp³-hybridized carbons (Fsp3) is 0.417. The SMILES string of the molecule is CC(=O)Nc1ccc(S(=O)(=O)N(CCN)CC(F)F)cc1. The molecular formula is C12H17F2N3O3S. The molecule has 1 rings (SSSR count). The topological polar surface area (TPSA) is 92.5 Å². The maximum absolute atomic E-state index is 12.5. The third kappa shape index (κ3) is 5.03. The van der Waals surface area contributed by atoms with E-state index in [-0.39, 0.29) is 23.9 Å². The van der Waals surface area contributed by atoms with Crippen LogP contribution in [-0.4, -0.2) is 44.7 Å². The number of hydrogen-bond acceptors (Lipinski definition) is 4. The number of halogens is 2. The minimum Gasteiger partial charge on any atom is -0.329 e. The number of carbonyl (C=O) groups is 1. The molecule has 0 atom stereocenters. The molecule has 3 N–H and O–H groups in total. The molecule has 0 saturated heterocycles. The summed E-state index contributed by atoms with van der Waals surface area (Å²) in [4.78, 5) is 10.7. The van der Waals surface area contributed by atoms with Crippen LogP contribution in [0.4, 0.5) is 14.5 Å². The largest absolute Gasteiger partial charge is 0.329 e. The molecule has 9 heteroatoms. The molecule has 0 bridgehead atoms. The molecule has 6 nitrogen and oxygen atoms in total. The summed E-state index contributed by atoms with van der Waals surface area (Å²) < 4.78 is 50.1. The summed E-state index contributed by atoms with van der Waals surface area (Å²) in [5.74, 6) is -0.298. The van der Waals surface area contributed by atoms with Crippen LogP contribution in [0, 0.1) is 0 Å². The first kappa shape index (κ1) is 17.5. The molecule has 0 unspecified atom stereocenters. The monoisotopic (exact) mass is 321 g/mol. The first-order chi connectivity index (χ1) is 9.77. The lowest BCUT2D eigenvalue weighted by atomic mass is 10.3. The summed E-state index contributed by atoms with van der Waals surface area (Å²) in [6.45, 7) is 0.152. The first-order valence-corrected chi connectivity index (χ1v) is 7.57. The molecule has 0 saturated carbocycles. The van der Waals surface area contributed by atoms with E-state index >= 15 is 0 Å². The Morgan fingerprint density at radius 2 is 1.90 bits per heavy atom. The zero-order valence-corrected chi connectivity index (χ0v) is 12.2. The van der Waals surface area contributed by atoms with Crippen LogP contribution in [0.15, 0.2) is 29.2 Å². The Hall–Kier alpha value is -1.58. The van der Waals surface area contributed by atoms with Crippen molar-refractivity contribution in [2.75, 3.05) is 25.0 Å². The van der Waals surface area contributed by atoms with Gasteiger partial charge in [-0.15, -0.1) is 0 Å². The Morgan fingerprint density at radius 1 is 1.33 bits per heavy atom. The average Bonchev–Trinajstić information content (AvgIpc) is 2.37. The third-order valence-corrected chi connectivity index (χ3v) is 4.41. The number of hydrogen-bond donors (Lipinski definition) is 2. The smallest absolute Gasteiger partial charge is 0.252 e. The standard InChI is InChI=1S/C12H17F2N3O3S/c1-9(18)16-10-2-4-11(5-3-10)21(19,20)17(7-6-15)8-12(13)14/h2-5,12H,6-8,15H2,1H3,(H,16,18). The Morgan fingerprint density at radius 3 is 2.33 bits per heavy atom. The number of amides is 1. The lowest BCUT2D eigenvalue weighted by Gasteiger charge is -2.21. The maximum atomic E-state index is 12.5. The van der Waals surface area contributed by atoms with Crippen molar-refractivity contribution in [2.24, 2.45) is 5.73 Å². The van der Waals surface area contributed by atoms with Crippen molar-refractivity contribution in [3.63, 3.8) is 0 Å². The van der Waals surface area contributed by atoms with E-state index in [9.17, 15) is 22.0 Å². The van der Waals surface area contributed by atoms with E-state index in [0.717, 1.165) is 0 Å². The van der Waals surface area contributed by atoms with Gasteiger partial charge in [0.05, 0.1) is 11.4 Å². The molecule has 0 radical (unpaired) electrons. The summed E-state index contributed by atoms with van der Waals surface area (Å²) in [6.07, 6.45) is -2.79. The van der Waals surface area contributed by atoms with Gasteiger partial charge < -0.3 is 11.1 Å². The van der Waals surface area contributed by atoms with Crippen LogP contribution in [0.3, 0.4) is 0 Å². The highest BCUT2D eigenvalue weighted by atomic mass is 32.2. The molecule has 1 amide bonds. The van der Waals surface area contributed by atoms with Crippen molar-refractivity contribution in [1.82, 2.24) is 4.31 Å². The highest BCUT2D eigenvalue weighted by molar-refractivity contribution is 7.89. The maximum Gasteiger partial charge on any atom is 0.252 e. The van der Waals surface area contributed by atoms with Gasteiger partial charge in [-0.25, -0.2) is 17.2 Å². The van der Waals surface area contributed by atoms with Crippen LogP contribution in [-0.2, 0) is 14.8 Å². The second kappa shape index (κ2) is 7.43. The zero-order chi connectivity index (χ0) is 16.0. The van der Waals surface area contributed by atoms with Crippen molar-refractivity contribution >= 4 is 21.6 Å². The Kier molecular flexibility index (Phi) is 6.19. The lowest BCUT2D eigenvalue weighted by Crippen LogP contribution is -2.38. The van der Waals surface area contributed by atoms with Crippen LogP contribution in [0.5, 0.6) is 0 Å². The van der Waals surface area contributed by atoms with Crippen LogP contribution in [0.1, 0.15) is 6.92 Å². The fourth-order valence-corrected chi connectivity index (χ4v) is 3.10. The number of rotatable bonds is 7. The van der Waals surface area contributed by atoms with E-state index in [1.54, 1.807) is 0 Å². The van der Waals surface area contributed by atoms with Crippen molar-refractivity contribution in [1.29, 1.82) is 0 Å². The number of nitrogens with zero attached hydrogens (tertiary/aromatic N) is 1. The van der Waals surface area contributed by atoms with Crippen LogP contribution in [0.25, 0.3) is 0 Å². The molecule has 1 aromatic carbocycles. The van der Waals surface area contributed by atoms with Crippen LogP contribution in [0.2, 0.25) is 0 Å². The lowest BCUT2D eigenvalue weighted by molar-refractivity contribution is -0.114. The molecule has 21 heavy (non-hydrogen) atoms. The Balaban J connectivity index is 3.01. The van der Waals surface area contributed by atoms with Crippen molar-refractivity contribution in [2.45, 2.75) is 18.2 Å². The number of sulfonamides is 1. The second-order valence-corrected chi connectivity index (χ2v) is 6.19. The number of alkyl halides is 2. The van der Waals surface area contributed by atoms with E-state index in [1.165, 1.54) is 31.2 Å². The minimum atomic E-state index is -4.04. The minimum absolute atomic E-state index is 0.0596. The van der Waals surface area contributed by atoms with Crippen molar-refractivity contribution in [3.8, 4) is 0 Å². The Labute approximate surface area is 122 Å². The number of anilines is 1. The fourth-order valence-electron chi connectivity index (χ4n) is 1.67. The van der Waals surface area contributed by atoms with Gasteiger partial charge in [-0.2, -0.15) is 4.31 Å². The zero-order valence-electron chi connectivity index (χ0n) is 11.4. The van der Waals surface area contributed by atoms with E-state index < -0.39 is 23.0 Å². The quantitative estimate of drug-likeness (QED) is 0.779. The summed E-state index contributed by atoms with van der Waals surface area (Å²) in [5, 5.41) is 2.48. The molecule has 118 valence electrons. The average molecular weight is 321 g/mol. The predicted octanol–water partition coefficient (Wildman–Crippen LogP) is 0.859. The van der Waals surface area contributed by atoms with Crippen molar-refractivity contribution < 1.29 is 22.0 Å². The molecule has 0 heterocycles. The van der Waals surface area contributed by atoms with E-state index in [0.29, 0.717) is 9.99 Å². The highest BCUT2D eigenvalue weighted by Crippen LogP contribution is 2.19. The summed E-state index contributed by atoms with van der Waals surface area (Å²) in [5.41, 5.74) is 5.68. The second-order valence-electron chi connectivity index (χ2n) is 4.25. The van der Waals surface area contributed by atoms with Gasteiger partial charge in [0.25, 0.3) is 6.43 Å². The van der Waals surface area contributed by atoms with E-state index in [2.05, 4.69) is 5.32 Å². The number of benzene rings is 1. The molecule has 1 aromatic rings. The van der Waals surface area contributed by atoms with Gasteiger partial charge in [0.2, 0.25) is 15.9 Å². The van der Waals surface area contributed by atoms with Gasteiger partial charge in [0.15, 0.2) is 0 Å². The predicted molar refractivity (Wildman–Crippen MR) is 74.6 cm³/mol. The number of nitrogens with one attached hydrogen (secondary N) is 1. The first-order valence-electron chi connectivity index (χ1n) is 6.13. The van der Waals surface area contributed by atoms with Gasteiger partial charge in [0.1, 0.15) is 0 Å².